The van der Waals surface area contributed by atoms with E-state index in [1.807, 2.05) is 30.3 Å². The van der Waals surface area contributed by atoms with Gasteiger partial charge < -0.3 is 9.40 Å². The normalized spacial score (nSPS) is 11.2. The molecule has 2 aromatic heterocycles. The lowest BCUT2D eigenvalue weighted by atomic mass is 10.1. The number of nitrogens with zero attached hydrogens (tertiary/aromatic N) is 2. The second-order valence-electron chi connectivity index (χ2n) is 5.82. The smallest absolute Gasteiger partial charge is 0.255 e. The van der Waals surface area contributed by atoms with Crippen molar-refractivity contribution in [3.05, 3.63) is 64.1 Å². The lowest BCUT2D eigenvalue weighted by molar-refractivity contribution is 0.480. The molecule has 5 nitrogen and oxygen atoms in total. The van der Waals surface area contributed by atoms with Crippen LogP contribution in [0, 0.1) is 6.92 Å². The number of thioether (sulfide) groups is 1. The van der Waals surface area contributed by atoms with E-state index in [0.717, 1.165) is 17.0 Å². The Bertz CT molecular complexity index is 885. The van der Waals surface area contributed by atoms with Gasteiger partial charge in [0.15, 0.2) is 11.6 Å². The Morgan fingerprint density at radius 2 is 2.00 bits per heavy atom. The molecule has 0 fully saturated rings. The fraction of sp³-hybridized carbons (Fsp3) is 0.278. The summed E-state index contributed by atoms with van der Waals surface area (Å²) in [5.74, 6) is 1.75. The second kappa shape index (κ2) is 7.05. The first kappa shape index (κ1) is 16.5. The van der Waals surface area contributed by atoms with Crippen molar-refractivity contribution >= 4 is 11.8 Å². The van der Waals surface area contributed by atoms with Crippen molar-refractivity contribution in [2.45, 2.75) is 37.6 Å². The largest absolute Gasteiger partial charge is 0.448 e. The molecule has 3 rings (SSSR count). The molecule has 0 aliphatic carbocycles. The van der Waals surface area contributed by atoms with E-state index in [-0.39, 0.29) is 11.5 Å². The third-order valence-corrected chi connectivity index (χ3v) is 4.60. The minimum Gasteiger partial charge on any atom is -0.448 e. The Labute approximate surface area is 144 Å². The molecule has 2 heterocycles. The summed E-state index contributed by atoms with van der Waals surface area (Å²) in [5.41, 5.74) is 3.04. The van der Waals surface area contributed by atoms with Gasteiger partial charge >= 0.3 is 0 Å². The highest BCUT2D eigenvalue weighted by Gasteiger charge is 2.14. The van der Waals surface area contributed by atoms with Crippen LogP contribution in [0.2, 0.25) is 0 Å². The number of nitrogens with one attached hydrogen (secondary N) is 1. The Hall–Kier alpha value is -2.34. The summed E-state index contributed by atoms with van der Waals surface area (Å²) in [6.45, 7) is 5.92. The lowest BCUT2D eigenvalue weighted by Crippen LogP contribution is -2.14. The summed E-state index contributed by atoms with van der Waals surface area (Å²) >= 11 is 1.45. The van der Waals surface area contributed by atoms with Crippen molar-refractivity contribution in [3.8, 4) is 11.3 Å². The molecule has 0 atom stereocenters. The van der Waals surface area contributed by atoms with Crippen molar-refractivity contribution in [2.24, 2.45) is 0 Å². The van der Waals surface area contributed by atoms with Gasteiger partial charge in [0.25, 0.3) is 5.56 Å². The molecular weight excluding hydrogens is 322 g/mol. The van der Waals surface area contributed by atoms with Crippen molar-refractivity contribution in [1.82, 2.24) is 15.0 Å². The van der Waals surface area contributed by atoms with E-state index in [2.05, 4.69) is 28.8 Å². The summed E-state index contributed by atoms with van der Waals surface area (Å²) < 4.78 is 5.43. The van der Waals surface area contributed by atoms with E-state index in [4.69, 9.17) is 4.42 Å². The average Bonchev–Trinajstić information content (AvgIpc) is 3.05. The number of aromatic nitrogens is 3. The van der Waals surface area contributed by atoms with Gasteiger partial charge in [0.05, 0.1) is 11.4 Å². The lowest BCUT2D eigenvalue weighted by Gasteiger charge is -2.08. The number of oxazole rings is 1. The Kier molecular flexibility index (Phi) is 4.85. The fourth-order valence-corrected chi connectivity index (χ4v) is 3.26. The maximum absolute atomic E-state index is 12.2. The summed E-state index contributed by atoms with van der Waals surface area (Å²) in [6.07, 6.45) is 1.46. The van der Waals surface area contributed by atoms with E-state index >= 15 is 0 Å². The third-order valence-electron chi connectivity index (χ3n) is 3.72. The van der Waals surface area contributed by atoms with Crippen molar-refractivity contribution in [2.75, 3.05) is 0 Å². The standard InChI is InChI=1S/C18H19N3O2S/c1-11(2)16-14(19-10-23-16)9-24-18-20-15(12(3)17(22)21-18)13-7-5-4-6-8-13/h4-8,10-11H,9H2,1-3H3,(H,20,21,22). The minimum atomic E-state index is -0.115. The first-order valence-electron chi connectivity index (χ1n) is 7.77. The van der Waals surface area contributed by atoms with Gasteiger partial charge in [-0.05, 0) is 6.92 Å². The number of aromatic amines is 1. The van der Waals surface area contributed by atoms with Crippen LogP contribution in [0.4, 0.5) is 0 Å². The second-order valence-corrected chi connectivity index (χ2v) is 6.78. The van der Waals surface area contributed by atoms with Gasteiger partial charge in [0.1, 0.15) is 5.76 Å². The van der Waals surface area contributed by atoms with Crippen molar-refractivity contribution < 1.29 is 4.42 Å². The average molecular weight is 341 g/mol. The van der Waals surface area contributed by atoms with Crippen LogP contribution in [0.1, 0.15) is 36.8 Å². The zero-order chi connectivity index (χ0) is 17.1. The highest BCUT2D eigenvalue weighted by molar-refractivity contribution is 7.98. The maximum atomic E-state index is 12.2. The summed E-state index contributed by atoms with van der Waals surface area (Å²) in [4.78, 5) is 24.0. The zero-order valence-corrected chi connectivity index (χ0v) is 14.7. The van der Waals surface area contributed by atoms with Crippen LogP contribution >= 0.6 is 11.8 Å². The molecule has 0 aliphatic rings. The molecule has 0 bridgehead atoms. The van der Waals surface area contributed by atoms with E-state index in [0.29, 0.717) is 22.2 Å². The number of benzene rings is 1. The van der Waals surface area contributed by atoms with Gasteiger partial charge in [0, 0.05) is 22.8 Å². The molecule has 1 aromatic carbocycles. The van der Waals surface area contributed by atoms with E-state index < -0.39 is 0 Å². The molecule has 0 saturated heterocycles. The first-order chi connectivity index (χ1) is 11.6. The monoisotopic (exact) mass is 341 g/mol. The van der Waals surface area contributed by atoms with Crippen LogP contribution in [0.25, 0.3) is 11.3 Å². The van der Waals surface area contributed by atoms with E-state index in [1.54, 1.807) is 6.92 Å². The van der Waals surface area contributed by atoms with Gasteiger partial charge in [-0.1, -0.05) is 55.9 Å². The summed E-state index contributed by atoms with van der Waals surface area (Å²) in [5, 5.41) is 0.585. The quantitative estimate of drug-likeness (QED) is 0.557. The Morgan fingerprint density at radius 1 is 1.25 bits per heavy atom. The van der Waals surface area contributed by atoms with Gasteiger partial charge in [-0.2, -0.15) is 0 Å². The third kappa shape index (κ3) is 3.43. The number of hydrogen-bond acceptors (Lipinski definition) is 5. The molecule has 0 amide bonds. The van der Waals surface area contributed by atoms with Gasteiger partial charge in [-0.25, -0.2) is 9.97 Å². The molecule has 0 saturated carbocycles. The number of hydrogen-bond donors (Lipinski definition) is 1. The van der Waals surface area contributed by atoms with Crippen LogP contribution in [0.15, 0.2) is 51.1 Å². The van der Waals surface area contributed by atoms with Gasteiger partial charge in [0.2, 0.25) is 0 Å². The summed E-state index contributed by atoms with van der Waals surface area (Å²) in [6, 6.07) is 9.73. The van der Waals surface area contributed by atoms with Crippen LogP contribution in [0.5, 0.6) is 0 Å². The molecule has 24 heavy (non-hydrogen) atoms. The van der Waals surface area contributed by atoms with Gasteiger partial charge in [-0.3, -0.25) is 4.79 Å². The first-order valence-corrected chi connectivity index (χ1v) is 8.76. The minimum absolute atomic E-state index is 0.115. The number of rotatable bonds is 5. The molecule has 1 N–H and O–H groups in total. The molecular formula is C18H19N3O2S. The molecule has 0 unspecified atom stereocenters. The van der Waals surface area contributed by atoms with Crippen molar-refractivity contribution in [3.63, 3.8) is 0 Å². The van der Waals surface area contributed by atoms with Gasteiger partial charge in [-0.15, -0.1) is 0 Å². The molecule has 0 spiro atoms. The number of H-pyrrole nitrogens is 1. The molecule has 0 radical (unpaired) electrons. The molecule has 3 aromatic rings. The Morgan fingerprint density at radius 3 is 2.71 bits per heavy atom. The SMILES string of the molecule is Cc1c(-c2ccccc2)nc(SCc2ncoc2C(C)C)[nH]c1=O. The highest BCUT2D eigenvalue weighted by atomic mass is 32.2. The van der Waals surface area contributed by atoms with Crippen LogP contribution in [0.3, 0.4) is 0 Å². The van der Waals surface area contributed by atoms with Crippen LogP contribution in [-0.2, 0) is 5.75 Å². The predicted molar refractivity (Wildman–Crippen MR) is 95.2 cm³/mol. The molecule has 6 heteroatoms. The van der Waals surface area contributed by atoms with E-state index in [1.165, 1.54) is 18.2 Å². The maximum Gasteiger partial charge on any atom is 0.255 e. The zero-order valence-electron chi connectivity index (χ0n) is 13.9. The van der Waals surface area contributed by atoms with Crippen molar-refractivity contribution in [1.29, 1.82) is 0 Å². The molecule has 0 aliphatic heterocycles. The van der Waals surface area contributed by atoms with E-state index in [9.17, 15) is 4.79 Å². The topological polar surface area (TPSA) is 71.8 Å². The fourth-order valence-electron chi connectivity index (χ4n) is 2.45. The van der Waals surface area contributed by atoms with Crippen LogP contribution < -0.4 is 5.56 Å². The predicted octanol–water partition coefficient (Wildman–Crippen LogP) is 4.15. The Balaban J connectivity index is 1.88. The molecule has 124 valence electrons. The van der Waals surface area contributed by atoms with Crippen LogP contribution in [-0.4, -0.2) is 15.0 Å². The summed E-state index contributed by atoms with van der Waals surface area (Å²) in [7, 11) is 0. The highest BCUT2D eigenvalue weighted by Crippen LogP contribution is 2.26.